The minimum Gasteiger partial charge on any atom is -0.354 e. The number of aromatic nitrogens is 3. The maximum atomic E-state index is 5.93. The van der Waals surface area contributed by atoms with Crippen LogP contribution in [0.3, 0.4) is 0 Å². The molecule has 1 aromatic heterocycles. The minimum absolute atomic E-state index is 0.259. The highest BCUT2D eigenvalue weighted by atomic mass is 35.5. The molecule has 0 bridgehead atoms. The fraction of sp³-hybridized carbons (Fsp3) is 0.750. The van der Waals surface area contributed by atoms with Crippen LogP contribution in [-0.4, -0.2) is 34.6 Å². The summed E-state index contributed by atoms with van der Waals surface area (Å²) in [6.07, 6.45) is 3.72. The van der Waals surface area contributed by atoms with E-state index in [1.165, 1.54) is 19.3 Å². The normalized spacial score (nSPS) is 19.3. The van der Waals surface area contributed by atoms with Crippen LogP contribution in [0, 0.1) is 5.92 Å². The van der Waals surface area contributed by atoms with Crippen molar-refractivity contribution in [3.8, 4) is 0 Å². The van der Waals surface area contributed by atoms with Gasteiger partial charge in [-0.1, -0.05) is 13.3 Å². The van der Waals surface area contributed by atoms with Gasteiger partial charge in [0.1, 0.15) is 0 Å². The summed E-state index contributed by atoms with van der Waals surface area (Å²) in [5.74, 6) is 2.02. The minimum atomic E-state index is 0.259. The van der Waals surface area contributed by atoms with Crippen molar-refractivity contribution in [2.24, 2.45) is 5.92 Å². The summed E-state index contributed by atoms with van der Waals surface area (Å²) < 4.78 is 0. The number of nitrogens with zero attached hydrogens (tertiary/aromatic N) is 4. The number of hydrogen-bond donors (Lipinski definition) is 1. The molecular formula is C12H20ClN5. The fourth-order valence-electron chi connectivity index (χ4n) is 2.38. The van der Waals surface area contributed by atoms with E-state index < -0.39 is 0 Å². The van der Waals surface area contributed by atoms with Gasteiger partial charge in [-0.05, 0) is 37.3 Å². The largest absolute Gasteiger partial charge is 0.354 e. The predicted octanol–water partition coefficient (Wildman–Crippen LogP) is 2.58. The molecule has 0 saturated carbocycles. The van der Waals surface area contributed by atoms with Crippen LogP contribution in [-0.2, 0) is 0 Å². The third-order valence-electron chi connectivity index (χ3n) is 3.20. The molecule has 1 unspecified atom stereocenters. The van der Waals surface area contributed by atoms with E-state index in [0.29, 0.717) is 11.9 Å². The lowest BCUT2D eigenvalue weighted by Gasteiger charge is -2.16. The first-order chi connectivity index (χ1) is 8.72. The van der Waals surface area contributed by atoms with Gasteiger partial charge in [-0.2, -0.15) is 15.0 Å². The number of anilines is 2. The zero-order valence-electron chi connectivity index (χ0n) is 11.0. The highest BCUT2D eigenvalue weighted by molar-refractivity contribution is 6.28. The van der Waals surface area contributed by atoms with Crippen molar-refractivity contribution in [3.05, 3.63) is 5.28 Å². The lowest BCUT2D eigenvalue weighted by molar-refractivity contribution is 0.529. The topological polar surface area (TPSA) is 53.9 Å². The van der Waals surface area contributed by atoms with Crippen LogP contribution in [0.2, 0.25) is 5.28 Å². The monoisotopic (exact) mass is 269 g/mol. The van der Waals surface area contributed by atoms with E-state index in [4.69, 9.17) is 11.6 Å². The summed E-state index contributed by atoms with van der Waals surface area (Å²) in [4.78, 5) is 14.9. The fourth-order valence-corrected chi connectivity index (χ4v) is 2.53. The van der Waals surface area contributed by atoms with Gasteiger partial charge in [-0.3, -0.25) is 0 Å². The average molecular weight is 270 g/mol. The van der Waals surface area contributed by atoms with Crippen LogP contribution < -0.4 is 10.2 Å². The number of hydrogen-bond acceptors (Lipinski definition) is 5. The Morgan fingerprint density at radius 1 is 1.33 bits per heavy atom. The summed E-state index contributed by atoms with van der Waals surface area (Å²) in [6.45, 7) is 7.05. The van der Waals surface area contributed by atoms with Crippen molar-refractivity contribution in [1.82, 2.24) is 15.0 Å². The molecule has 1 atom stereocenters. The molecule has 1 aromatic rings. The van der Waals surface area contributed by atoms with Crippen molar-refractivity contribution in [2.45, 2.75) is 33.1 Å². The second kappa shape index (κ2) is 6.18. The van der Waals surface area contributed by atoms with Gasteiger partial charge >= 0.3 is 0 Å². The highest BCUT2D eigenvalue weighted by Gasteiger charge is 2.24. The summed E-state index contributed by atoms with van der Waals surface area (Å²) in [5.41, 5.74) is 0. The van der Waals surface area contributed by atoms with Crippen molar-refractivity contribution in [3.63, 3.8) is 0 Å². The molecule has 1 fully saturated rings. The predicted molar refractivity (Wildman–Crippen MR) is 74.2 cm³/mol. The second-order valence-electron chi connectivity index (χ2n) is 4.65. The van der Waals surface area contributed by atoms with E-state index in [2.05, 4.69) is 32.1 Å². The molecule has 0 aromatic carbocycles. The number of rotatable bonds is 5. The highest BCUT2D eigenvalue weighted by Crippen LogP contribution is 2.25. The first-order valence-electron chi connectivity index (χ1n) is 6.63. The average Bonchev–Trinajstić information content (AvgIpc) is 2.78. The van der Waals surface area contributed by atoms with Gasteiger partial charge < -0.3 is 10.2 Å². The Hall–Kier alpha value is -1.10. The molecule has 1 aliphatic heterocycles. The third kappa shape index (κ3) is 3.22. The van der Waals surface area contributed by atoms with Gasteiger partial charge in [0.2, 0.25) is 17.2 Å². The Balaban J connectivity index is 2.08. The SMILES string of the molecule is CCCC1CCN(c2nc(Cl)nc(NCC)n2)C1. The van der Waals surface area contributed by atoms with Crippen LogP contribution in [0.4, 0.5) is 11.9 Å². The van der Waals surface area contributed by atoms with Crippen molar-refractivity contribution >= 4 is 23.5 Å². The molecule has 2 heterocycles. The molecule has 0 spiro atoms. The first kappa shape index (κ1) is 13.3. The molecule has 2 rings (SSSR count). The van der Waals surface area contributed by atoms with Gasteiger partial charge in [0.15, 0.2) is 0 Å². The molecule has 18 heavy (non-hydrogen) atoms. The molecule has 1 N–H and O–H groups in total. The molecule has 0 radical (unpaired) electrons. The molecular weight excluding hydrogens is 250 g/mol. The van der Waals surface area contributed by atoms with Gasteiger partial charge in [0.25, 0.3) is 0 Å². The third-order valence-corrected chi connectivity index (χ3v) is 3.37. The molecule has 6 heteroatoms. The Morgan fingerprint density at radius 3 is 2.89 bits per heavy atom. The van der Waals surface area contributed by atoms with Gasteiger partial charge in [0, 0.05) is 19.6 Å². The van der Waals surface area contributed by atoms with Gasteiger partial charge in [-0.15, -0.1) is 0 Å². The summed E-state index contributed by atoms with van der Waals surface area (Å²) in [5, 5.41) is 3.33. The molecule has 1 aliphatic rings. The first-order valence-corrected chi connectivity index (χ1v) is 7.01. The van der Waals surface area contributed by atoms with E-state index in [1.807, 2.05) is 6.92 Å². The molecule has 100 valence electrons. The van der Waals surface area contributed by atoms with E-state index >= 15 is 0 Å². The van der Waals surface area contributed by atoms with Crippen molar-refractivity contribution in [2.75, 3.05) is 29.9 Å². The molecule has 0 aliphatic carbocycles. The zero-order chi connectivity index (χ0) is 13.0. The maximum absolute atomic E-state index is 5.93. The molecule has 1 saturated heterocycles. The summed E-state index contributed by atoms with van der Waals surface area (Å²) in [6, 6.07) is 0. The van der Waals surface area contributed by atoms with Gasteiger partial charge in [-0.25, -0.2) is 0 Å². The lowest BCUT2D eigenvalue weighted by atomic mass is 10.0. The Bertz CT molecular complexity index is 398. The van der Waals surface area contributed by atoms with Crippen molar-refractivity contribution < 1.29 is 0 Å². The summed E-state index contributed by atoms with van der Waals surface area (Å²) >= 11 is 5.93. The summed E-state index contributed by atoms with van der Waals surface area (Å²) in [7, 11) is 0. The van der Waals surface area contributed by atoms with Gasteiger partial charge in [0.05, 0.1) is 0 Å². The van der Waals surface area contributed by atoms with Crippen LogP contribution in [0.5, 0.6) is 0 Å². The maximum Gasteiger partial charge on any atom is 0.231 e. The van der Waals surface area contributed by atoms with Crippen LogP contribution >= 0.6 is 11.6 Å². The van der Waals surface area contributed by atoms with E-state index in [1.54, 1.807) is 0 Å². The quantitative estimate of drug-likeness (QED) is 0.890. The Labute approximate surface area is 113 Å². The second-order valence-corrected chi connectivity index (χ2v) is 4.99. The molecule has 0 amide bonds. The smallest absolute Gasteiger partial charge is 0.231 e. The van der Waals surface area contributed by atoms with Crippen LogP contribution in [0.15, 0.2) is 0 Å². The number of nitrogens with one attached hydrogen (secondary N) is 1. The Morgan fingerprint density at radius 2 is 2.17 bits per heavy atom. The lowest BCUT2D eigenvalue weighted by Crippen LogP contribution is -2.23. The zero-order valence-corrected chi connectivity index (χ0v) is 11.7. The van der Waals surface area contributed by atoms with Crippen LogP contribution in [0.1, 0.15) is 33.1 Å². The Kier molecular flexibility index (Phi) is 4.58. The van der Waals surface area contributed by atoms with Crippen molar-refractivity contribution in [1.29, 1.82) is 0 Å². The number of halogens is 1. The van der Waals surface area contributed by atoms with Crippen LogP contribution in [0.25, 0.3) is 0 Å². The standard InChI is InChI=1S/C12H20ClN5/c1-3-5-9-6-7-18(8-9)12-16-10(13)15-11(17-12)14-4-2/h9H,3-8H2,1-2H3,(H,14,15,16,17). The van der Waals surface area contributed by atoms with E-state index in [9.17, 15) is 0 Å². The van der Waals surface area contributed by atoms with E-state index in [-0.39, 0.29) is 5.28 Å². The molecule has 5 nitrogen and oxygen atoms in total. The van der Waals surface area contributed by atoms with E-state index in [0.717, 1.165) is 25.6 Å².